The van der Waals surface area contributed by atoms with E-state index in [1.807, 2.05) is 24.3 Å². The number of morpholine rings is 1. The summed E-state index contributed by atoms with van der Waals surface area (Å²) in [6.07, 6.45) is 3.43. The molecule has 3 amide bonds. The van der Waals surface area contributed by atoms with Gasteiger partial charge in [0.2, 0.25) is 0 Å². The summed E-state index contributed by atoms with van der Waals surface area (Å²) in [5.74, 6) is 4.81. The van der Waals surface area contributed by atoms with Gasteiger partial charge < -0.3 is 14.5 Å². The highest BCUT2D eigenvalue weighted by Crippen LogP contribution is 2.14. The predicted octanol–water partition coefficient (Wildman–Crippen LogP) is 1.14. The molecule has 0 bridgehead atoms. The quantitative estimate of drug-likeness (QED) is 0.468. The van der Waals surface area contributed by atoms with E-state index >= 15 is 0 Å². The lowest BCUT2D eigenvalue weighted by molar-refractivity contribution is 0.0418. The molecule has 0 spiro atoms. The van der Waals surface area contributed by atoms with Crippen LogP contribution in [0.5, 0.6) is 0 Å². The summed E-state index contributed by atoms with van der Waals surface area (Å²) in [4.78, 5) is 32.2. The Bertz CT molecular complexity index is 761. The molecule has 1 aliphatic rings. The Morgan fingerprint density at radius 1 is 1.04 bits per heavy atom. The molecule has 1 fully saturated rings. The second kappa shape index (κ2) is 9.11. The largest absolute Gasteiger partial charge is 0.378 e. The highest BCUT2D eigenvalue weighted by molar-refractivity contribution is 5.93. The zero-order chi connectivity index (χ0) is 19.1. The summed E-state index contributed by atoms with van der Waals surface area (Å²) in [6.45, 7) is 3.19. The van der Waals surface area contributed by atoms with Gasteiger partial charge in [0.1, 0.15) is 0 Å². The molecule has 0 radical (unpaired) electrons. The molecule has 0 saturated carbocycles. The van der Waals surface area contributed by atoms with Gasteiger partial charge in [-0.1, -0.05) is 12.1 Å². The highest BCUT2D eigenvalue weighted by Gasteiger charge is 2.23. The maximum absolute atomic E-state index is 13.0. The molecule has 2 heterocycles. The second-order valence-corrected chi connectivity index (χ2v) is 6.26. The maximum Gasteiger partial charge on any atom is 0.320 e. The number of hydrogen-bond donors (Lipinski definition) is 2. The van der Waals surface area contributed by atoms with Crippen LogP contribution in [0.2, 0.25) is 0 Å². The van der Waals surface area contributed by atoms with E-state index in [0.717, 1.165) is 11.1 Å². The van der Waals surface area contributed by atoms with Gasteiger partial charge in [-0.2, -0.15) is 0 Å². The number of amides is 3. The zero-order valence-electron chi connectivity index (χ0n) is 15.0. The van der Waals surface area contributed by atoms with Crippen LogP contribution >= 0.6 is 0 Å². The molecule has 1 aromatic carbocycles. The first-order valence-corrected chi connectivity index (χ1v) is 8.78. The zero-order valence-corrected chi connectivity index (χ0v) is 15.0. The molecule has 8 nitrogen and oxygen atoms in total. The third-order valence-corrected chi connectivity index (χ3v) is 4.40. The molecule has 1 aromatic heterocycles. The average molecular weight is 369 g/mol. The minimum absolute atomic E-state index is 0.0288. The SMILES string of the molecule is NNC(=O)c1ccc(CN(Cc2ccncc2)C(=O)N2CCOCC2)cc1. The van der Waals surface area contributed by atoms with Crippen molar-refractivity contribution in [2.75, 3.05) is 26.3 Å². The minimum atomic E-state index is -0.348. The topological polar surface area (TPSA) is 101 Å². The number of hydrogen-bond acceptors (Lipinski definition) is 5. The number of rotatable bonds is 5. The first-order valence-electron chi connectivity index (χ1n) is 8.78. The third-order valence-electron chi connectivity index (χ3n) is 4.40. The van der Waals surface area contributed by atoms with Crippen LogP contribution in [-0.2, 0) is 17.8 Å². The first-order chi connectivity index (χ1) is 13.2. The Labute approximate surface area is 157 Å². The summed E-state index contributed by atoms with van der Waals surface area (Å²) in [5.41, 5.74) is 4.52. The van der Waals surface area contributed by atoms with Crippen LogP contribution in [0.1, 0.15) is 21.5 Å². The molecule has 2 aromatic rings. The molecule has 0 unspecified atom stereocenters. The Morgan fingerprint density at radius 2 is 1.63 bits per heavy atom. The van der Waals surface area contributed by atoms with Crippen LogP contribution in [0.15, 0.2) is 48.8 Å². The van der Waals surface area contributed by atoms with Crippen LogP contribution in [-0.4, -0.2) is 53.0 Å². The van der Waals surface area contributed by atoms with Gasteiger partial charge in [0.15, 0.2) is 0 Å². The van der Waals surface area contributed by atoms with E-state index in [2.05, 4.69) is 10.4 Å². The average Bonchev–Trinajstić information content (AvgIpc) is 2.74. The molecule has 8 heteroatoms. The van der Waals surface area contributed by atoms with Gasteiger partial charge in [-0.15, -0.1) is 0 Å². The number of nitrogens with two attached hydrogens (primary N) is 1. The van der Waals surface area contributed by atoms with E-state index in [1.54, 1.807) is 34.3 Å². The number of urea groups is 1. The van der Waals surface area contributed by atoms with E-state index < -0.39 is 0 Å². The number of benzene rings is 1. The summed E-state index contributed by atoms with van der Waals surface area (Å²) in [5, 5.41) is 0. The van der Waals surface area contributed by atoms with Crippen molar-refractivity contribution in [3.05, 3.63) is 65.5 Å². The van der Waals surface area contributed by atoms with Crippen LogP contribution < -0.4 is 11.3 Å². The van der Waals surface area contributed by atoms with Gasteiger partial charge in [0.05, 0.1) is 13.2 Å². The van der Waals surface area contributed by atoms with Gasteiger partial charge in [0, 0.05) is 44.1 Å². The van der Waals surface area contributed by atoms with E-state index in [0.29, 0.717) is 45.0 Å². The van der Waals surface area contributed by atoms with Crippen LogP contribution in [0.25, 0.3) is 0 Å². The normalized spacial score (nSPS) is 13.9. The van der Waals surface area contributed by atoms with Gasteiger partial charge in [-0.05, 0) is 35.4 Å². The highest BCUT2D eigenvalue weighted by atomic mass is 16.5. The van der Waals surface area contributed by atoms with Crippen molar-refractivity contribution in [2.24, 2.45) is 5.84 Å². The predicted molar refractivity (Wildman–Crippen MR) is 99.4 cm³/mol. The molecule has 142 valence electrons. The number of nitrogens with one attached hydrogen (secondary N) is 1. The number of hydrazine groups is 1. The molecule has 1 aliphatic heterocycles. The van der Waals surface area contributed by atoms with Crippen molar-refractivity contribution < 1.29 is 14.3 Å². The second-order valence-electron chi connectivity index (χ2n) is 6.26. The number of ether oxygens (including phenoxy) is 1. The van der Waals surface area contributed by atoms with Crippen molar-refractivity contribution in [3.63, 3.8) is 0 Å². The molecule has 27 heavy (non-hydrogen) atoms. The molecule has 0 aliphatic carbocycles. The Morgan fingerprint density at radius 3 is 2.22 bits per heavy atom. The van der Waals surface area contributed by atoms with Crippen molar-refractivity contribution in [1.82, 2.24) is 20.2 Å². The number of pyridine rings is 1. The summed E-state index contributed by atoms with van der Waals surface area (Å²) >= 11 is 0. The third kappa shape index (κ3) is 5.02. The van der Waals surface area contributed by atoms with Gasteiger partial charge >= 0.3 is 6.03 Å². The lowest BCUT2D eigenvalue weighted by Crippen LogP contribution is -2.47. The number of aromatic nitrogens is 1. The summed E-state index contributed by atoms with van der Waals surface area (Å²) < 4.78 is 5.34. The van der Waals surface area contributed by atoms with Crippen LogP contribution in [0.3, 0.4) is 0 Å². The van der Waals surface area contributed by atoms with Crippen molar-refractivity contribution in [3.8, 4) is 0 Å². The van der Waals surface area contributed by atoms with E-state index in [1.165, 1.54) is 0 Å². The molecule has 3 N–H and O–H groups in total. The fourth-order valence-corrected chi connectivity index (χ4v) is 2.92. The maximum atomic E-state index is 13.0. The van der Waals surface area contributed by atoms with E-state index in [-0.39, 0.29) is 11.9 Å². The van der Waals surface area contributed by atoms with Gasteiger partial charge in [0.25, 0.3) is 5.91 Å². The van der Waals surface area contributed by atoms with E-state index in [9.17, 15) is 9.59 Å². The van der Waals surface area contributed by atoms with Gasteiger partial charge in [-0.3, -0.25) is 15.2 Å². The summed E-state index contributed by atoms with van der Waals surface area (Å²) in [6, 6.07) is 10.8. The number of nitrogens with zero attached hydrogens (tertiary/aromatic N) is 3. The summed E-state index contributed by atoms with van der Waals surface area (Å²) in [7, 11) is 0. The number of carbonyl (C=O) groups is 2. The molecule has 3 rings (SSSR count). The number of nitrogen functional groups attached to an aromatic ring is 1. The Balaban J connectivity index is 1.76. The smallest absolute Gasteiger partial charge is 0.320 e. The molecular formula is C19H23N5O3. The fraction of sp³-hybridized carbons (Fsp3) is 0.316. The standard InChI is InChI=1S/C19H23N5O3/c20-22-18(25)17-3-1-15(2-4-17)13-24(14-16-5-7-21-8-6-16)19(26)23-9-11-27-12-10-23/h1-8H,9-14,20H2,(H,22,25). The first kappa shape index (κ1) is 18.8. The Hall–Kier alpha value is -2.97. The monoisotopic (exact) mass is 369 g/mol. The van der Waals surface area contributed by atoms with Crippen molar-refractivity contribution >= 4 is 11.9 Å². The van der Waals surface area contributed by atoms with E-state index in [4.69, 9.17) is 10.6 Å². The fourth-order valence-electron chi connectivity index (χ4n) is 2.92. The van der Waals surface area contributed by atoms with Crippen molar-refractivity contribution in [2.45, 2.75) is 13.1 Å². The van der Waals surface area contributed by atoms with Gasteiger partial charge in [-0.25, -0.2) is 10.6 Å². The molecule has 1 saturated heterocycles. The van der Waals surface area contributed by atoms with Crippen LogP contribution in [0.4, 0.5) is 4.79 Å². The number of carbonyl (C=O) groups excluding carboxylic acids is 2. The van der Waals surface area contributed by atoms with Crippen LogP contribution in [0, 0.1) is 0 Å². The van der Waals surface area contributed by atoms with Crippen molar-refractivity contribution in [1.29, 1.82) is 0 Å². The minimum Gasteiger partial charge on any atom is -0.378 e. The molecule has 0 atom stereocenters. The lowest BCUT2D eigenvalue weighted by atomic mass is 10.1. The molecular weight excluding hydrogens is 346 g/mol. The lowest BCUT2D eigenvalue weighted by Gasteiger charge is -2.33. The Kier molecular flexibility index (Phi) is 6.35.